The van der Waals surface area contributed by atoms with E-state index in [9.17, 15) is 14.7 Å². The number of hydrogen-bond donors (Lipinski definition) is 2. The SMILES string of the molecule is CCNC(=O)SC1CCCCC1c1ccccc1C(=O)O. The maximum Gasteiger partial charge on any atom is 0.335 e. The summed E-state index contributed by atoms with van der Waals surface area (Å²) in [6.45, 7) is 2.52. The van der Waals surface area contributed by atoms with Crippen molar-refractivity contribution in [1.82, 2.24) is 5.32 Å². The zero-order chi connectivity index (χ0) is 15.2. The van der Waals surface area contributed by atoms with Gasteiger partial charge in [-0.2, -0.15) is 0 Å². The van der Waals surface area contributed by atoms with Crippen molar-refractivity contribution < 1.29 is 14.7 Å². The van der Waals surface area contributed by atoms with Crippen LogP contribution in [-0.4, -0.2) is 28.1 Å². The molecule has 114 valence electrons. The van der Waals surface area contributed by atoms with Gasteiger partial charge in [0.25, 0.3) is 5.24 Å². The van der Waals surface area contributed by atoms with Crippen LogP contribution in [0, 0.1) is 0 Å². The molecule has 5 heteroatoms. The van der Waals surface area contributed by atoms with Gasteiger partial charge in [-0.3, -0.25) is 4.79 Å². The van der Waals surface area contributed by atoms with Crippen LogP contribution in [0.15, 0.2) is 24.3 Å². The van der Waals surface area contributed by atoms with Gasteiger partial charge in [0.15, 0.2) is 0 Å². The van der Waals surface area contributed by atoms with Crippen molar-refractivity contribution in [3.8, 4) is 0 Å². The van der Waals surface area contributed by atoms with E-state index in [4.69, 9.17) is 0 Å². The van der Waals surface area contributed by atoms with Crippen molar-refractivity contribution in [2.45, 2.75) is 43.8 Å². The van der Waals surface area contributed by atoms with Crippen molar-refractivity contribution >= 4 is 23.0 Å². The number of carbonyl (C=O) groups is 2. The molecule has 0 aliphatic heterocycles. The lowest BCUT2D eigenvalue weighted by molar-refractivity contribution is 0.0695. The van der Waals surface area contributed by atoms with E-state index in [1.165, 1.54) is 11.8 Å². The van der Waals surface area contributed by atoms with Crippen molar-refractivity contribution in [2.24, 2.45) is 0 Å². The van der Waals surface area contributed by atoms with Gasteiger partial charge >= 0.3 is 5.97 Å². The molecule has 0 heterocycles. The van der Waals surface area contributed by atoms with E-state index in [0.29, 0.717) is 12.1 Å². The summed E-state index contributed by atoms with van der Waals surface area (Å²) in [6, 6.07) is 7.18. The van der Waals surface area contributed by atoms with Crippen LogP contribution in [0.1, 0.15) is 54.4 Å². The third-order valence-corrected chi connectivity index (χ3v) is 5.10. The summed E-state index contributed by atoms with van der Waals surface area (Å²) in [4.78, 5) is 23.3. The maximum atomic E-state index is 11.8. The van der Waals surface area contributed by atoms with Gasteiger partial charge in [-0.1, -0.05) is 42.8 Å². The summed E-state index contributed by atoms with van der Waals surface area (Å²) in [7, 11) is 0. The summed E-state index contributed by atoms with van der Waals surface area (Å²) in [5.41, 5.74) is 1.23. The molecular weight excluding hydrogens is 286 g/mol. The van der Waals surface area contributed by atoms with Crippen LogP contribution < -0.4 is 5.32 Å². The van der Waals surface area contributed by atoms with E-state index in [2.05, 4.69) is 5.32 Å². The maximum absolute atomic E-state index is 11.8. The van der Waals surface area contributed by atoms with Gasteiger partial charge in [0.2, 0.25) is 0 Å². The van der Waals surface area contributed by atoms with E-state index in [1.54, 1.807) is 12.1 Å². The molecule has 2 atom stereocenters. The molecule has 1 amide bonds. The van der Waals surface area contributed by atoms with E-state index in [-0.39, 0.29) is 16.4 Å². The molecule has 21 heavy (non-hydrogen) atoms. The van der Waals surface area contributed by atoms with Crippen LogP contribution >= 0.6 is 11.8 Å². The quantitative estimate of drug-likeness (QED) is 0.886. The van der Waals surface area contributed by atoms with Crippen LogP contribution in [0.3, 0.4) is 0 Å². The average molecular weight is 307 g/mol. The van der Waals surface area contributed by atoms with Crippen LogP contribution in [0.2, 0.25) is 0 Å². The number of amides is 1. The number of benzene rings is 1. The second-order valence-electron chi connectivity index (χ2n) is 5.26. The molecule has 1 saturated carbocycles. The Hall–Kier alpha value is -1.49. The number of carbonyl (C=O) groups excluding carboxylic acids is 1. The van der Waals surface area contributed by atoms with Crippen LogP contribution in [0.5, 0.6) is 0 Å². The topological polar surface area (TPSA) is 66.4 Å². The Morgan fingerprint density at radius 3 is 2.71 bits per heavy atom. The van der Waals surface area contributed by atoms with Crippen LogP contribution in [-0.2, 0) is 0 Å². The van der Waals surface area contributed by atoms with Crippen LogP contribution in [0.25, 0.3) is 0 Å². The van der Waals surface area contributed by atoms with Gasteiger partial charge in [-0.25, -0.2) is 4.79 Å². The Labute approximate surface area is 129 Å². The lowest BCUT2D eigenvalue weighted by Gasteiger charge is -2.31. The van der Waals surface area contributed by atoms with Crippen molar-refractivity contribution in [3.63, 3.8) is 0 Å². The van der Waals surface area contributed by atoms with Crippen molar-refractivity contribution in [1.29, 1.82) is 0 Å². The minimum atomic E-state index is -0.891. The van der Waals surface area contributed by atoms with E-state index >= 15 is 0 Å². The Morgan fingerprint density at radius 1 is 1.29 bits per heavy atom. The zero-order valence-corrected chi connectivity index (χ0v) is 13.0. The predicted molar refractivity (Wildman–Crippen MR) is 85.1 cm³/mol. The standard InChI is InChI=1S/C16H21NO3S/c1-2-17-16(20)21-14-10-6-5-8-12(14)11-7-3-4-9-13(11)15(18)19/h3-4,7,9,12,14H,2,5-6,8,10H2,1H3,(H,17,20)(H,18,19). The molecular formula is C16H21NO3S. The molecule has 2 rings (SSSR count). The number of thioether (sulfide) groups is 1. The Bertz CT molecular complexity index is 518. The number of carboxylic acid groups (broad SMARTS) is 1. The van der Waals surface area contributed by atoms with Crippen molar-refractivity contribution in [2.75, 3.05) is 6.54 Å². The molecule has 0 aromatic heterocycles. The first-order valence-electron chi connectivity index (χ1n) is 7.40. The monoisotopic (exact) mass is 307 g/mol. The molecule has 0 spiro atoms. The third kappa shape index (κ3) is 4.00. The molecule has 0 bridgehead atoms. The first kappa shape index (κ1) is 15.9. The number of carboxylic acids is 1. The Kier molecular flexibility index (Phi) is 5.67. The lowest BCUT2D eigenvalue weighted by Crippen LogP contribution is -2.27. The van der Waals surface area contributed by atoms with Gasteiger partial charge in [-0.15, -0.1) is 0 Å². The molecule has 1 aromatic rings. The number of nitrogens with one attached hydrogen (secondary N) is 1. The highest BCUT2D eigenvalue weighted by Gasteiger charge is 2.31. The van der Waals surface area contributed by atoms with Gasteiger partial charge in [-0.05, 0) is 37.3 Å². The summed E-state index contributed by atoms with van der Waals surface area (Å²) < 4.78 is 0. The fourth-order valence-corrected chi connectivity index (χ4v) is 4.17. The van der Waals surface area contributed by atoms with Crippen molar-refractivity contribution in [3.05, 3.63) is 35.4 Å². The van der Waals surface area contributed by atoms with E-state index < -0.39 is 5.97 Å². The lowest BCUT2D eigenvalue weighted by atomic mass is 9.81. The summed E-state index contributed by atoms with van der Waals surface area (Å²) >= 11 is 1.33. The highest BCUT2D eigenvalue weighted by Crippen LogP contribution is 2.41. The third-order valence-electron chi connectivity index (χ3n) is 3.87. The summed E-state index contributed by atoms with van der Waals surface area (Å²) in [5, 5.41) is 12.3. The molecule has 1 aromatic carbocycles. The molecule has 1 aliphatic rings. The van der Waals surface area contributed by atoms with Gasteiger partial charge in [0.05, 0.1) is 5.56 Å². The summed E-state index contributed by atoms with van der Waals surface area (Å²) in [5.74, 6) is -0.753. The highest BCUT2D eigenvalue weighted by atomic mass is 32.2. The first-order chi connectivity index (χ1) is 10.1. The number of rotatable bonds is 4. The van der Waals surface area contributed by atoms with Gasteiger partial charge in [0.1, 0.15) is 0 Å². The minimum Gasteiger partial charge on any atom is -0.478 e. The number of aromatic carboxylic acids is 1. The van der Waals surface area contributed by atoms with Crippen LogP contribution in [0.4, 0.5) is 4.79 Å². The summed E-state index contributed by atoms with van der Waals surface area (Å²) in [6.07, 6.45) is 4.09. The number of hydrogen-bond acceptors (Lipinski definition) is 3. The fraction of sp³-hybridized carbons (Fsp3) is 0.500. The second-order valence-corrected chi connectivity index (χ2v) is 6.47. The smallest absolute Gasteiger partial charge is 0.335 e. The Balaban J connectivity index is 2.22. The molecule has 1 fully saturated rings. The second kappa shape index (κ2) is 7.50. The largest absolute Gasteiger partial charge is 0.478 e. The first-order valence-corrected chi connectivity index (χ1v) is 8.28. The normalized spacial score (nSPS) is 21.8. The molecule has 1 aliphatic carbocycles. The zero-order valence-electron chi connectivity index (χ0n) is 12.2. The van der Waals surface area contributed by atoms with E-state index in [0.717, 1.165) is 31.2 Å². The molecule has 0 saturated heterocycles. The fourth-order valence-electron chi connectivity index (χ4n) is 2.93. The molecule has 2 N–H and O–H groups in total. The van der Waals surface area contributed by atoms with Gasteiger partial charge < -0.3 is 10.4 Å². The average Bonchev–Trinajstić information content (AvgIpc) is 2.48. The molecule has 0 radical (unpaired) electrons. The predicted octanol–water partition coefficient (Wildman–Crippen LogP) is 3.87. The highest BCUT2D eigenvalue weighted by molar-refractivity contribution is 8.14. The molecule has 4 nitrogen and oxygen atoms in total. The molecule has 2 unspecified atom stereocenters. The van der Waals surface area contributed by atoms with Gasteiger partial charge in [0, 0.05) is 11.8 Å². The Morgan fingerprint density at radius 2 is 2.00 bits per heavy atom. The van der Waals surface area contributed by atoms with E-state index in [1.807, 2.05) is 19.1 Å². The minimum absolute atomic E-state index is 0.0118.